The predicted octanol–water partition coefficient (Wildman–Crippen LogP) is 7.35. The number of allylic oxidation sites excluding steroid dienone is 2. The quantitative estimate of drug-likeness (QED) is 0.0490. The van der Waals surface area contributed by atoms with Crippen LogP contribution in [0, 0.1) is 0 Å². The molecule has 5 N–H and O–H groups in total. The van der Waals surface area contributed by atoms with E-state index in [4.69, 9.17) is 9.53 Å². The van der Waals surface area contributed by atoms with E-state index in [0.29, 0.717) is 50.6 Å². The Hall–Kier alpha value is -3.64. The Morgan fingerprint density at radius 2 is 1.57 bits per heavy atom. The number of aldehydes is 1. The van der Waals surface area contributed by atoms with Crippen molar-refractivity contribution in [1.82, 2.24) is 15.1 Å². The van der Waals surface area contributed by atoms with E-state index in [-0.39, 0.29) is 17.4 Å². The summed E-state index contributed by atoms with van der Waals surface area (Å²) in [6.45, 7) is 34.4. The lowest BCUT2D eigenvalue weighted by molar-refractivity contribution is -0.118. The SMILES string of the molecule is C=N/C(=C(/O)C(=C)C)C(O)N1CCN(/C(C(=O)NC=NCc2ccc3c(c2)CCOC3)=C(/C)CC)CC1.CC.CC.CC.CC=O.CCC.CN. The Morgan fingerprint density at radius 1 is 1.04 bits per heavy atom. The van der Waals surface area contributed by atoms with Gasteiger partial charge in [0.1, 0.15) is 23.4 Å². The van der Waals surface area contributed by atoms with E-state index in [1.54, 1.807) is 11.8 Å². The summed E-state index contributed by atoms with van der Waals surface area (Å²) < 4.78 is 5.49. The third-order valence-corrected chi connectivity index (χ3v) is 6.79. The van der Waals surface area contributed by atoms with Gasteiger partial charge in [0, 0.05) is 26.2 Å². The molecule has 1 amide bonds. The number of carbonyl (C=O) groups excluding carboxylic acids is 2. The lowest BCUT2D eigenvalue weighted by atomic mass is 10.0. The molecule has 0 aromatic heterocycles. The summed E-state index contributed by atoms with van der Waals surface area (Å²) in [4.78, 5) is 34.0. The van der Waals surface area contributed by atoms with E-state index < -0.39 is 6.23 Å². The van der Waals surface area contributed by atoms with Crippen LogP contribution >= 0.6 is 0 Å². The van der Waals surface area contributed by atoms with Crippen LogP contribution < -0.4 is 11.1 Å². The van der Waals surface area contributed by atoms with E-state index in [9.17, 15) is 15.0 Å². The Morgan fingerprint density at radius 3 is 2.04 bits per heavy atom. The van der Waals surface area contributed by atoms with Gasteiger partial charge >= 0.3 is 0 Å². The van der Waals surface area contributed by atoms with Crippen molar-refractivity contribution in [2.24, 2.45) is 15.7 Å². The van der Waals surface area contributed by atoms with Crippen molar-refractivity contribution in [3.63, 3.8) is 0 Å². The molecule has 1 atom stereocenters. The summed E-state index contributed by atoms with van der Waals surface area (Å²) >= 11 is 0. The van der Waals surface area contributed by atoms with Gasteiger partial charge in [-0.2, -0.15) is 0 Å². The number of nitrogens with two attached hydrogens (primary N) is 1. The van der Waals surface area contributed by atoms with Gasteiger partial charge in [0.15, 0.2) is 6.23 Å². The summed E-state index contributed by atoms with van der Waals surface area (Å²) in [6.07, 6.45) is 4.02. The third kappa shape index (κ3) is 21.4. The number of rotatable bonds is 10. The molecule has 0 bridgehead atoms. The van der Waals surface area contributed by atoms with Gasteiger partial charge in [-0.25, -0.2) is 0 Å². The fraction of sp³-hybridized carbons (Fsp3) is 0.600. The van der Waals surface area contributed by atoms with E-state index in [2.05, 4.69) is 60.3 Å². The van der Waals surface area contributed by atoms with E-state index >= 15 is 0 Å². The summed E-state index contributed by atoms with van der Waals surface area (Å²) in [7, 11) is 1.50. The number of nitrogens with zero attached hydrogens (tertiary/aromatic N) is 4. The minimum atomic E-state index is -1.10. The number of carbonyl (C=O) groups is 2. The summed E-state index contributed by atoms with van der Waals surface area (Å²) in [5, 5.41) is 23.8. The van der Waals surface area contributed by atoms with E-state index in [0.717, 1.165) is 36.9 Å². The average Bonchev–Trinajstić information content (AvgIpc) is 3.17. The van der Waals surface area contributed by atoms with Gasteiger partial charge < -0.3 is 35.7 Å². The first-order valence-corrected chi connectivity index (χ1v) is 18.5. The summed E-state index contributed by atoms with van der Waals surface area (Å²) in [6, 6.07) is 6.30. The molecule has 51 heavy (non-hydrogen) atoms. The van der Waals surface area contributed by atoms with Crippen molar-refractivity contribution in [1.29, 1.82) is 0 Å². The highest BCUT2D eigenvalue weighted by Crippen LogP contribution is 2.22. The number of fused-ring (bicyclic) bond motifs is 1. The Balaban J connectivity index is -0.000000693. The van der Waals surface area contributed by atoms with Gasteiger partial charge in [-0.15, -0.1) is 0 Å². The highest BCUT2D eigenvalue weighted by Gasteiger charge is 2.29. The zero-order chi connectivity index (χ0) is 40.4. The molecule has 1 unspecified atom stereocenters. The number of piperazine rings is 1. The van der Waals surface area contributed by atoms with Crippen LogP contribution in [0.4, 0.5) is 0 Å². The monoisotopic (exact) mass is 719 g/mol. The molecule has 0 radical (unpaired) electrons. The van der Waals surface area contributed by atoms with Crippen molar-refractivity contribution in [2.45, 2.75) is 122 Å². The molecule has 2 aliphatic rings. The lowest BCUT2D eigenvalue weighted by Gasteiger charge is -2.39. The number of hydrogen-bond donors (Lipinski definition) is 4. The maximum Gasteiger partial charge on any atom is 0.272 e. The van der Waals surface area contributed by atoms with Crippen molar-refractivity contribution in [3.8, 4) is 0 Å². The number of aliphatic hydroxyl groups excluding tert-OH is 2. The minimum Gasteiger partial charge on any atom is -0.506 e. The first-order valence-electron chi connectivity index (χ1n) is 18.5. The normalized spacial score (nSPS) is 14.5. The predicted molar refractivity (Wildman–Crippen MR) is 218 cm³/mol. The number of benzene rings is 1. The average molecular weight is 719 g/mol. The number of hydrogen-bond acceptors (Lipinski definition) is 10. The van der Waals surface area contributed by atoms with Crippen LogP contribution in [0.2, 0.25) is 0 Å². The van der Waals surface area contributed by atoms with Gasteiger partial charge in [-0.3, -0.25) is 19.7 Å². The van der Waals surface area contributed by atoms with Crippen molar-refractivity contribution >= 4 is 25.2 Å². The maximum atomic E-state index is 13.1. The molecule has 3 rings (SSSR count). The van der Waals surface area contributed by atoms with Crippen LogP contribution in [0.3, 0.4) is 0 Å². The van der Waals surface area contributed by atoms with Crippen molar-refractivity contribution < 1.29 is 24.5 Å². The molecule has 0 aliphatic carbocycles. The highest BCUT2D eigenvalue weighted by atomic mass is 16.5. The Bertz CT molecular complexity index is 1170. The number of aliphatic imine (C=N–C) groups is 2. The molecule has 0 spiro atoms. The van der Waals surface area contributed by atoms with Crippen LogP contribution in [0.15, 0.2) is 63.1 Å². The number of ether oxygens (including phenoxy) is 1. The molecular formula is C40H74N6O5. The molecule has 294 valence electrons. The molecule has 1 aromatic carbocycles. The van der Waals surface area contributed by atoms with Gasteiger partial charge in [0.25, 0.3) is 5.91 Å². The molecule has 11 nitrogen and oxygen atoms in total. The number of nitrogens with one attached hydrogen (secondary N) is 1. The smallest absolute Gasteiger partial charge is 0.272 e. The zero-order valence-electron chi connectivity index (χ0n) is 34.4. The second-order valence-electron chi connectivity index (χ2n) is 10.3. The van der Waals surface area contributed by atoms with Gasteiger partial charge in [-0.05, 0) is 75.2 Å². The molecule has 2 heterocycles. The fourth-order valence-corrected chi connectivity index (χ4v) is 4.47. The van der Waals surface area contributed by atoms with Crippen molar-refractivity contribution in [3.05, 3.63) is 69.8 Å². The zero-order valence-corrected chi connectivity index (χ0v) is 34.4. The van der Waals surface area contributed by atoms with Crippen LogP contribution in [-0.2, 0) is 33.9 Å². The maximum absolute atomic E-state index is 13.1. The minimum absolute atomic E-state index is 0.0858. The molecule has 0 saturated carbocycles. The number of aliphatic hydroxyl groups is 2. The Kier molecular flexibility index (Phi) is 38.4. The standard InChI is InChI=1S/C28H39N5O4.C3H8.C2H4O.3C2H6.CH5N/c1-6-20(4)25(32-10-12-33(13-11-32)28(36)24(29-5)26(34)19(2)3)27(35)31-18-30-16-21-7-8-23-17-37-14-9-22(23)15-21;1-3-2;1-2-3;4*1-2/h7-8,15,18,28,34,36H,2,5-6,9-14,16-17H2,1,3-4H3,(H,30,31,35);3H2,1-2H3;2H,1H3;3*1-2H3;2H2,1H3/b25-20-,26-24+;;;;;;. The van der Waals surface area contributed by atoms with E-state index in [1.807, 2.05) is 66.4 Å². The molecule has 1 saturated heterocycles. The van der Waals surface area contributed by atoms with Gasteiger partial charge in [0.2, 0.25) is 0 Å². The number of amides is 1. The third-order valence-electron chi connectivity index (χ3n) is 6.79. The Labute approximate surface area is 311 Å². The van der Waals surface area contributed by atoms with Crippen LogP contribution in [0.1, 0.15) is 113 Å². The molecule has 11 heteroatoms. The second kappa shape index (κ2) is 36.2. The van der Waals surface area contributed by atoms with E-state index in [1.165, 1.54) is 37.9 Å². The highest BCUT2D eigenvalue weighted by molar-refractivity contribution is 6.00. The lowest BCUT2D eigenvalue weighted by Crippen LogP contribution is -2.52. The fourth-order valence-electron chi connectivity index (χ4n) is 4.47. The van der Waals surface area contributed by atoms with Crippen molar-refractivity contribution in [2.75, 3.05) is 39.8 Å². The molecule has 1 fully saturated rings. The first kappa shape index (κ1) is 54.1. The van der Waals surface area contributed by atoms with Crippen LogP contribution in [0.25, 0.3) is 0 Å². The molecule has 1 aromatic rings. The van der Waals surface area contributed by atoms with Gasteiger partial charge in [0.05, 0.1) is 26.1 Å². The largest absolute Gasteiger partial charge is 0.506 e. The summed E-state index contributed by atoms with van der Waals surface area (Å²) in [5.41, 5.74) is 10.2. The molecular weight excluding hydrogens is 644 g/mol. The first-order chi connectivity index (χ1) is 24.6. The van der Waals surface area contributed by atoms with Crippen LogP contribution in [0.5, 0.6) is 0 Å². The van der Waals surface area contributed by atoms with Gasteiger partial charge in [-0.1, -0.05) is 93.5 Å². The molecule has 2 aliphatic heterocycles. The topological polar surface area (TPSA) is 153 Å². The van der Waals surface area contributed by atoms with Crippen LogP contribution in [-0.4, -0.2) is 91.3 Å². The summed E-state index contributed by atoms with van der Waals surface area (Å²) in [5.74, 6) is -0.358. The second-order valence-corrected chi connectivity index (χ2v) is 10.3.